The van der Waals surface area contributed by atoms with E-state index in [1.807, 2.05) is 72.8 Å². The van der Waals surface area contributed by atoms with Crippen molar-refractivity contribution < 1.29 is 22.1 Å². The summed E-state index contributed by atoms with van der Waals surface area (Å²) in [6.07, 6.45) is 0. The van der Waals surface area contributed by atoms with Crippen molar-refractivity contribution in [3.63, 3.8) is 0 Å². The number of para-hydroxylation sites is 6. The second-order valence-corrected chi connectivity index (χ2v) is 20.9. The second-order valence-electron chi connectivity index (χ2n) is 20.9. The summed E-state index contributed by atoms with van der Waals surface area (Å²) in [5.41, 5.74) is 15.0. The Morgan fingerprint density at radius 1 is 0.259 bits per heavy atom. The highest BCUT2D eigenvalue weighted by Crippen LogP contribution is 2.48. The van der Waals surface area contributed by atoms with Gasteiger partial charge in [0.15, 0.2) is 22.6 Å². The number of rotatable bonds is 8. The van der Waals surface area contributed by atoms with Crippen LogP contribution < -0.4 is 9.80 Å². The lowest BCUT2D eigenvalue weighted by molar-refractivity contribution is 0.590. The van der Waals surface area contributed by atoms with E-state index >= 15 is 4.39 Å². The number of nitrogens with zero attached hydrogens (tertiary/aromatic N) is 2. The Hall–Kier alpha value is -10.9. The van der Waals surface area contributed by atoms with E-state index in [2.05, 4.69) is 198 Å². The van der Waals surface area contributed by atoms with E-state index < -0.39 is 5.82 Å². The van der Waals surface area contributed by atoms with E-state index in [1.54, 1.807) is 0 Å². The maximum Gasteiger partial charge on any atom is 0.178 e. The van der Waals surface area contributed by atoms with Gasteiger partial charge in [-0.3, -0.25) is 0 Å². The van der Waals surface area contributed by atoms with Crippen molar-refractivity contribution in [1.82, 2.24) is 0 Å². The van der Waals surface area contributed by atoms with Crippen molar-refractivity contribution in [2.45, 2.75) is 0 Å². The van der Waals surface area contributed by atoms with Crippen molar-refractivity contribution in [3.05, 3.63) is 267 Å². The number of benzene rings is 13. The molecule has 0 radical (unpaired) electrons. The SMILES string of the molecule is Fc1c2oc3cc4cc(N(c5ccccc5)c5cccc6c5oc5c(-c7ccccc7)cccc56)ccc4cc3c2cc2oc3cc4cc(N(c5ccccc5)c5cccc6c5oc5c(-c7ccccc7)cccc56)ccc4cc3c12. The summed E-state index contributed by atoms with van der Waals surface area (Å²) in [6, 6.07) is 89.7. The molecule has 0 atom stereocenters. The van der Waals surface area contributed by atoms with Gasteiger partial charge >= 0.3 is 0 Å². The molecule has 0 aliphatic carbocycles. The highest BCUT2D eigenvalue weighted by molar-refractivity contribution is 6.20. The molecule has 0 spiro atoms. The topological polar surface area (TPSA) is 59.0 Å². The molecule has 4 heterocycles. The molecule has 17 rings (SSSR count). The Kier molecular flexibility index (Phi) is 9.79. The van der Waals surface area contributed by atoms with Gasteiger partial charge in [0.05, 0.1) is 16.8 Å². The molecular weight excluding hydrogens is 1000 g/mol. The highest BCUT2D eigenvalue weighted by atomic mass is 19.1. The first-order valence-corrected chi connectivity index (χ1v) is 27.1. The average Bonchev–Trinajstić information content (AvgIpc) is 4.51. The Balaban J connectivity index is 0.766. The molecule has 0 amide bonds. The standard InChI is InChI=1S/C74H43FN2O4/c75-69-68-62-40-47-34-36-53(77(51-23-11-4-12-24-51)64-32-16-30-59-57-28-14-26-55(71(57)81-73(59)64)45-19-7-2-8-20-45)38-49(47)42-66(62)78-67(68)43-61-60-39-46-33-35-52(37-48(46)41-65(60)79-74(61)69)76(50-21-9-3-10-22-50)63-31-15-29-58-56-27-13-25-54(70(56)80-72(58)63)44-17-5-1-6-18-44/h1-43H. The molecule has 0 aliphatic rings. The molecule has 380 valence electrons. The van der Waals surface area contributed by atoms with Crippen LogP contribution in [-0.4, -0.2) is 0 Å². The van der Waals surface area contributed by atoms with Gasteiger partial charge in [0.2, 0.25) is 0 Å². The summed E-state index contributed by atoms with van der Waals surface area (Å²) in [4.78, 5) is 4.48. The first-order chi connectivity index (χ1) is 40.1. The van der Waals surface area contributed by atoms with Gasteiger partial charge in [-0.2, -0.15) is 0 Å². The molecule has 17 aromatic rings. The third kappa shape index (κ3) is 6.98. The largest absolute Gasteiger partial charge is 0.456 e. The Labute approximate surface area is 461 Å². The minimum absolute atomic E-state index is 0.192. The molecule has 7 heteroatoms. The fraction of sp³-hybridized carbons (Fsp3) is 0. The lowest BCUT2D eigenvalue weighted by Gasteiger charge is -2.25. The van der Waals surface area contributed by atoms with Crippen molar-refractivity contribution in [3.8, 4) is 22.3 Å². The lowest BCUT2D eigenvalue weighted by Crippen LogP contribution is -2.10. The van der Waals surface area contributed by atoms with Crippen molar-refractivity contribution >= 4 is 143 Å². The molecule has 6 nitrogen and oxygen atoms in total. The van der Waals surface area contributed by atoms with Crippen LogP contribution in [0.3, 0.4) is 0 Å². The van der Waals surface area contributed by atoms with Crippen molar-refractivity contribution in [2.24, 2.45) is 0 Å². The number of hydrogen-bond donors (Lipinski definition) is 0. The van der Waals surface area contributed by atoms with Crippen molar-refractivity contribution in [2.75, 3.05) is 9.80 Å². The smallest absolute Gasteiger partial charge is 0.178 e. The summed E-state index contributed by atoms with van der Waals surface area (Å²) in [7, 11) is 0. The van der Waals surface area contributed by atoms with Crippen LogP contribution in [0.4, 0.5) is 38.5 Å². The molecule has 0 saturated carbocycles. The van der Waals surface area contributed by atoms with Gasteiger partial charge in [0.1, 0.15) is 27.9 Å². The van der Waals surface area contributed by atoms with Crippen LogP contribution in [-0.2, 0) is 0 Å². The molecule has 13 aromatic carbocycles. The fourth-order valence-electron chi connectivity index (χ4n) is 12.5. The number of fused-ring (bicyclic) bond motifs is 14. The normalized spacial score (nSPS) is 12.0. The minimum atomic E-state index is -0.452. The summed E-state index contributed by atoms with van der Waals surface area (Å²) in [6.45, 7) is 0. The van der Waals surface area contributed by atoms with Gasteiger partial charge in [-0.1, -0.05) is 170 Å². The third-order valence-electron chi connectivity index (χ3n) is 16.2. The molecule has 0 bridgehead atoms. The molecule has 4 aromatic heterocycles. The maximum atomic E-state index is 17.4. The van der Waals surface area contributed by atoms with Gasteiger partial charge < -0.3 is 27.5 Å². The van der Waals surface area contributed by atoms with Gasteiger partial charge in [0, 0.05) is 71.6 Å². The summed E-state index contributed by atoms with van der Waals surface area (Å²) in [5, 5.41) is 10.5. The predicted molar refractivity (Wildman–Crippen MR) is 331 cm³/mol. The Morgan fingerprint density at radius 3 is 1.21 bits per heavy atom. The van der Waals surface area contributed by atoms with Crippen molar-refractivity contribution in [1.29, 1.82) is 0 Å². The van der Waals surface area contributed by atoms with Crippen LogP contribution in [0, 0.1) is 5.82 Å². The van der Waals surface area contributed by atoms with E-state index in [-0.39, 0.29) is 5.58 Å². The van der Waals surface area contributed by atoms with Gasteiger partial charge in [0.25, 0.3) is 0 Å². The Bertz CT molecular complexity index is 5150. The molecular formula is C74H43FN2O4. The van der Waals surface area contributed by atoms with E-state index in [1.165, 1.54) is 0 Å². The quantitative estimate of drug-likeness (QED) is 0.151. The van der Waals surface area contributed by atoms with E-state index in [4.69, 9.17) is 17.7 Å². The number of anilines is 6. The van der Waals surface area contributed by atoms with E-state index in [0.29, 0.717) is 32.9 Å². The van der Waals surface area contributed by atoms with Gasteiger partial charge in [-0.05, 0) is 124 Å². The first-order valence-electron chi connectivity index (χ1n) is 27.1. The zero-order valence-electron chi connectivity index (χ0n) is 43.2. The monoisotopic (exact) mass is 1040 g/mol. The van der Waals surface area contributed by atoms with Crippen LogP contribution in [0.2, 0.25) is 0 Å². The van der Waals surface area contributed by atoms with Crippen LogP contribution in [0.1, 0.15) is 0 Å². The number of hydrogen-bond acceptors (Lipinski definition) is 6. The summed E-state index contributed by atoms with van der Waals surface area (Å²) >= 11 is 0. The average molecular weight is 1040 g/mol. The molecule has 0 unspecified atom stereocenters. The number of halogens is 1. The van der Waals surface area contributed by atoms with Crippen LogP contribution in [0.25, 0.3) is 132 Å². The molecule has 81 heavy (non-hydrogen) atoms. The van der Waals surface area contributed by atoms with Gasteiger partial charge in [-0.15, -0.1) is 0 Å². The molecule has 0 aliphatic heterocycles. The second kappa shape index (κ2) is 17.6. The van der Waals surface area contributed by atoms with Crippen LogP contribution >= 0.6 is 0 Å². The zero-order valence-corrected chi connectivity index (χ0v) is 43.2. The van der Waals surface area contributed by atoms with Crippen LogP contribution in [0.5, 0.6) is 0 Å². The van der Waals surface area contributed by atoms with Gasteiger partial charge in [-0.25, -0.2) is 4.39 Å². The Morgan fingerprint density at radius 2 is 0.704 bits per heavy atom. The third-order valence-corrected chi connectivity index (χ3v) is 16.2. The highest BCUT2D eigenvalue weighted by Gasteiger charge is 2.25. The number of furan rings is 4. The fourth-order valence-corrected chi connectivity index (χ4v) is 12.5. The zero-order chi connectivity index (χ0) is 53.3. The first kappa shape index (κ1) is 45.2. The van der Waals surface area contributed by atoms with Crippen LogP contribution in [0.15, 0.2) is 279 Å². The van der Waals surface area contributed by atoms with E-state index in [0.717, 1.165) is 127 Å². The lowest BCUT2D eigenvalue weighted by atomic mass is 10.0. The summed E-state index contributed by atoms with van der Waals surface area (Å²) in [5.74, 6) is -0.452. The summed E-state index contributed by atoms with van der Waals surface area (Å²) < 4.78 is 44.4. The molecule has 0 saturated heterocycles. The maximum absolute atomic E-state index is 17.4. The minimum Gasteiger partial charge on any atom is -0.456 e. The molecule has 0 N–H and O–H groups in total. The molecule has 0 fully saturated rings. The van der Waals surface area contributed by atoms with E-state index in [9.17, 15) is 0 Å². The predicted octanol–water partition coefficient (Wildman–Crippen LogP) is 22.0.